The predicted molar refractivity (Wildman–Crippen MR) is 106 cm³/mol. The normalized spacial score (nSPS) is 12.1. The van der Waals surface area contributed by atoms with Crippen molar-refractivity contribution in [1.82, 2.24) is 15.6 Å². The van der Waals surface area contributed by atoms with Crippen LogP contribution in [0.25, 0.3) is 0 Å². The largest absolute Gasteiger partial charge is 0.356 e. The number of hydrogen-bond acceptors (Lipinski definition) is 4. The average Bonchev–Trinajstić information content (AvgIpc) is 2.60. The second-order valence-electron chi connectivity index (χ2n) is 6.39. The highest BCUT2D eigenvalue weighted by Gasteiger charge is 2.11. The molecule has 1 aromatic heterocycles. The number of aromatic nitrogens is 1. The highest BCUT2D eigenvalue weighted by molar-refractivity contribution is 7.89. The number of nitrogens with zero attached hydrogens (tertiary/aromatic N) is 2. The van der Waals surface area contributed by atoms with Gasteiger partial charge in [0.25, 0.3) is 0 Å². The first kappa shape index (κ1) is 20.8. The van der Waals surface area contributed by atoms with Crippen molar-refractivity contribution in [3.63, 3.8) is 0 Å². The summed E-state index contributed by atoms with van der Waals surface area (Å²) in [7, 11) is -1.56. The van der Waals surface area contributed by atoms with E-state index in [1.807, 2.05) is 25.3 Å². The van der Waals surface area contributed by atoms with Gasteiger partial charge in [-0.05, 0) is 48.2 Å². The van der Waals surface area contributed by atoms with Gasteiger partial charge in [0.05, 0.1) is 5.75 Å². The van der Waals surface area contributed by atoms with E-state index in [-0.39, 0.29) is 12.3 Å². The maximum atomic E-state index is 13.6. The van der Waals surface area contributed by atoms with Gasteiger partial charge in [0.15, 0.2) is 15.8 Å². The highest BCUT2D eigenvalue weighted by atomic mass is 32.2. The van der Waals surface area contributed by atoms with Crippen molar-refractivity contribution in [1.29, 1.82) is 0 Å². The van der Waals surface area contributed by atoms with Gasteiger partial charge in [0.2, 0.25) is 0 Å². The van der Waals surface area contributed by atoms with Crippen LogP contribution in [-0.2, 0) is 28.6 Å². The van der Waals surface area contributed by atoms with Gasteiger partial charge in [-0.2, -0.15) is 0 Å². The molecule has 0 amide bonds. The Balaban J connectivity index is 1.93. The van der Waals surface area contributed by atoms with Gasteiger partial charge in [-0.25, -0.2) is 12.8 Å². The van der Waals surface area contributed by atoms with Crippen molar-refractivity contribution in [3.8, 4) is 0 Å². The average molecular weight is 393 g/mol. The molecule has 6 nitrogen and oxygen atoms in total. The maximum Gasteiger partial charge on any atom is 0.191 e. The van der Waals surface area contributed by atoms with Crippen molar-refractivity contribution >= 4 is 15.8 Å². The molecule has 0 unspecified atom stereocenters. The van der Waals surface area contributed by atoms with Crippen molar-refractivity contribution in [2.75, 3.05) is 19.8 Å². The molecule has 0 saturated carbocycles. The SMILES string of the molecule is CN=C(NCCc1ccc(C)nc1)NCc1cc(F)ccc1CS(C)(=O)=O. The van der Waals surface area contributed by atoms with Crippen LogP contribution in [0.4, 0.5) is 4.39 Å². The van der Waals surface area contributed by atoms with Crippen molar-refractivity contribution < 1.29 is 12.8 Å². The van der Waals surface area contributed by atoms with E-state index < -0.39 is 15.7 Å². The Morgan fingerprint density at radius 3 is 2.59 bits per heavy atom. The van der Waals surface area contributed by atoms with Gasteiger partial charge >= 0.3 is 0 Å². The molecule has 8 heteroatoms. The molecule has 0 aliphatic heterocycles. The van der Waals surface area contributed by atoms with E-state index in [2.05, 4.69) is 20.6 Å². The number of halogens is 1. The van der Waals surface area contributed by atoms with E-state index in [0.29, 0.717) is 23.6 Å². The van der Waals surface area contributed by atoms with Crippen LogP contribution < -0.4 is 10.6 Å². The first-order valence-electron chi connectivity index (χ1n) is 8.58. The quantitative estimate of drug-likeness (QED) is 0.556. The monoisotopic (exact) mass is 392 g/mol. The smallest absolute Gasteiger partial charge is 0.191 e. The van der Waals surface area contributed by atoms with Gasteiger partial charge in [0, 0.05) is 38.3 Å². The molecule has 0 aliphatic carbocycles. The van der Waals surface area contributed by atoms with E-state index in [9.17, 15) is 12.8 Å². The number of aliphatic imine (C=N–C) groups is 1. The Morgan fingerprint density at radius 1 is 1.19 bits per heavy atom. The van der Waals surface area contributed by atoms with Gasteiger partial charge < -0.3 is 10.6 Å². The van der Waals surface area contributed by atoms with E-state index in [1.54, 1.807) is 7.05 Å². The maximum absolute atomic E-state index is 13.6. The molecular weight excluding hydrogens is 367 g/mol. The molecule has 1 aromatic carbocycles. The molecule has 0 fully saturated rings. The molecule has 2 N–H and O–H groups in total. The van der Waals surface area contributed by atoms with Crippen LogP contribution in [0.5, 0.6) is 0 Å². The van der Waals surface area contributed by atoms with Crippen molar-refractivity contribution in [2.24, 2.45) is 4.99 Å². The van der Waals surface area contributed by atoms with E-state index in [0.717, 1.165) is 23.9 Å². The van der Waals surface area contributed by atoms with Crippen LogP contribution in [0, 0.1) is 12.7 Å². The first-order valence-corrected chi connectivity index (χ1v) is 10.6. The van der Waals surface area contributed by atoms with Crippen LogP contribution >= 0.6 is 0 Å². The topological polar surface area (TPSA) is 83.4 Å². The summed E-state index contributed by atoms with van der Waals surface area (Å²) in [5, 5.41) is 6.28. The Kier molecular flexibility index (Phi) is 7.29. The summed E-state index contributed by atoms with van der Waals surface area (Å²) in [5.41, 5.74) is 3.26. The van der Waals surface area contributed by atoms with Gasteiger partial charge in [0.1, 0.15) is 5.82 Å². The zero-order valence-electron chi connectivity index (χ0n) is 15.8. The Morgan fingerprint density at radius 2 is 1.96 bits per heavy atom. The second kappa shape index (κ2) is 9.45. The number of pyridine rings is 1. The molecule has 2 aromatic rings. The summed E-state index contributed by atoms with van der Waals surface area (Å²) in [6, 6.07) is 8.12. The van der Waals surface area contributed by atoms with Crippen molar-refractivity contribution in [3.05, 3.63) is 64.7 Å². The third kappa shape index (κ3) is 7.34. The second-order valence-corrected chi connectivity index (χ2v) is 8.53. The Labute approximate surface area is 159 Å². The number of nitrogens with one attached hydrogen (secondary N) is 2. The minimum Gasteiger partial charge on any atom is -0.356 e. The first-order chi connectivity index (χ1) is 12.8. The number of aryl methyl sites for hydroxylation is 1. The lowest BCUT2D eigenvalue weighted by atomic mass is 10.1. The third-order valence-corrected chi connectivity index (χ3v) is 4.77. The molecule has 1 heterocycles. The highest BCUT2D eigenvalue weighted by Crippen LogP contribution is 2.14. The summed E-state index contributed by atoms with van der Waals surface area (Å²) >= 11 is 0. The van der Waals surface area contributed by atoms with Gasteiger partial charge in [-0.3, -0.25) is 9.98 Å². The van der Waals surface area contributed by atoms with Crippen LogP contribution in [0.3, 0.4) is 0 Å². The molecule has 2 rings (SSSR count). The van der Waals surface area contributed by atoms with Gasteiger partial charge in [-0.1, -0.05) is 12.1 Å². The summed E-state index contributed by atoms with van der Waals surface area (Å²) in [6.07, 6.45) is 3.79. The zero-order chi connectivity index (χ0) is 19.9. The minimum absolute atomic E-state index is 0.128. The molecule has 0 radical (unpaired) electrons. The van der Waals surface area contributed by atoms with Crippen LogP contribution in [0.15, 0.2) is 41.5 Å². The molecular formula is C19H25FN4O2S. The van der Waals surface area contributed by atoms with E-state index >= 15 is 0 Å². The van der Waals surface area contributed by atoms with E-state index in [4.69, 9.17) is 0 Å². The Bertz CT molecular complexity index is 896. The van der Waals surface area contributed by atoms with Gasteiger partial charge in [-0.15, -0.1) is 0 Å². The molecule has 0 spiro atoms. The fraction of sp³-hybridized carbons (Fsp3) is 0.368. The fourth-order valence-electron chi connectivity index (χ4n) is 2.55. The zero-order valence-corrected chi connectivity index (χ0v) is 16.6. The number of rotatable bonds is 7. The van der Waals surface area contributed by atoms with Crippen LogP contribution in [0.1, 0.15) is 22.4 Å². The predicted octanol–water partition coefficient (Wildman–Crippen LogP) is 1.98. The molecule has 146 valence electrons. The van der Waals surface area contributed by atoms with Crippen LogP contribution in [-0.4, -0.2) is 39.2 Å². The summed E-state index contributed by atoms with van der Waals surface area (Å²) in [5.74, 6) is 0.0278. The van der Waals surface area contributed by atoms with Crippen molar-refractivity contribution in [2.45, 2.75) is 25.6 Å². The van der Waals surface area contributed by atoms with E-state index in [1.165, 1.54) is 18.2 Å². The Hall–Kier alpha value is -2.48. The minimum atomic E-state index is -3.21. The lowest BCUT2D eigenvalue weighted by Crippen LogP contribution is -2.38. The lowest BCUT2D eigenvalue weighted by Gasteiger charge is -2.14. The molecule has 0 atom stereocenters. The molecule has 27 heavy (non-hydrogen) atoms. The summed E-state index contributed by atoms with van der Waals surface area (Å²) in [4.78, 5) is 8.40. The number of hydrogen-bond donors (Lipinski definition) is 2. The fourth-order valence-corrected chi connectivity index (χ4v) is 3.40. The number of sulfone groups is 1. The number of benzene rings is 1. The standard InChI is InChI=1S/C19H25FN4O2S/c1-14-4-5-15(11-23-14)8-9-22-19(21-2)24-12-17-10-18(20)7-6-16(17)13-27(3,25)26/h4-7,10-11H,8-9,12-13H2,1-3H3,(H2,21,22,24). The van der Waals surface area contributed by atoms with Crippen LogP contribution in [0.2, 0.25) is 0 Å². The summed E-state index contributed by atoms with van der Waals surface area (Å²) in [6.45, 7) is 2.87. The molecule has 0 saturated heterocycles. The number of guanidine groups is 1. The molecule has 0 bridgehead atoms. The lowest BCUT2D eigenvalue weighted by molar-refractivity contribution is 0.599. The summed E-state index contributed by atoms with van der Waals surface area (Å²) < 4.78 is 36.7. The third-order valence-electron chi connectivity index (χ3n) is 3.93. The molecule has 0 aliphatic rings.